The molecule has 0 aliphatic rings. The molecule has 0 bridgehead atoms. The van der Waals surface area contributed by atoms with E-state index in [4.69, 9.17) is 10.9 Å². The number of nitrogens with two attached hydrogens (primary N) is 1. The average Bonchev–Trinajstić information content (AvgIpc) is 2.39. The maximum atomic E-state index is 13.8. The minimum Gasteiger partial charge on any atom is -0.409 e. The number of amidine groups is 1. The van der Waals surface area contributed by atoms with Gasteiger partial charge in [0, 0.05) is 29.0 Å². The van der Waals surface area contributed by atoms with E-state index in [1.165, 1.54) is 6.07 Å². The van der Waals surface area contributed by atoms with E-state index in [1.54, 1.807) is 23.9 Å². The third-order valence-electron chi connectivity index (χ3n) is 2.88. The molecule has 0 aliphatic carbocycles. The Hall–Kier alpha value is -1.27. The van der Waals surface area contributed by atoms with Crippen LogP contribution in [0.1, 0.15) is 25.0 Å². The molecule has 1 aromatic rings. The molecule has 0 spiro atoms. The highest BCUT2D eigenvalue weighted by Gasteiger charge is 2.15. The van der Waals surface area contributed by atoms with Crippen LogP contribution >= 0.6 is 11.8 Å². The Labute approximate surface area is 117 Å². The number of hydrogen-bond donors (Lipinski definition) is 3. The van der Waals surface area contributed by atoms with E-state index in [9.17, 15) is 4.39 Å². The van der Waals surface area contributed by atoms with Crippen molar-refractivity contribution in [1.29, 1.82) is 0 Å². The molecule has 6 heteroatoms. The molecule has 1 rings (SSSR count). The van der Waals surface area contributed by atoms with E-state index in [2.05, 4.69) is 24.3 Å². The fourth-order valence-electron chi connectivity index (χ4n) is 1.48. The lowest BCUT2D eigenvalue weighted by Crippen LogP contribution is -2.31. The van der Waals surface area contributed by atoms with E-state index in [1.807, 2.05) is 6.26 Å². The summed E-state index contributed by atoms with van der Waals surface area (Å²) in [7, 11) is 0. The van der Waals surface area contributed by atoms with E-state index >= 15 is 0 Å². The highest BCUT2D eigenvalue weighted by atomic mass is 32.2. The van der Waals surface area contributed by atoms with Gasteiger partial charge in [0.25, 0.3) is 0 Å². The SMILES string of the molecule is CSC(C)(C)CNCc1ccc(/C(N)=N/O)cc1F. The van der Waals surface area contributed by atoms with Gasteiger partial charge in [-0.25, -0.2) is 4.39 Å². The summed E-state index contributed by atoms with van der Waals surface area (Å²) in [4.78, 5) is 0. The minimum atomic E-state index is -0.362. The van der Waals surface area contributed by atoms with Crippen molar-refractivity contribution in [2.24, 2.45) is 10.9 Å². The lowest BCUT2D eigenvalue weighted by molar-refractivity contribution is 0.318. The summed E-state index contributed by atoms with van der Waals surface area (Å²) in [5, 5.41) is 14.6. The molecule has 106 valence electrons. The molecule has 4 nitrogen and oxygen atoms in total. The summed E-state index contributed by atoms with van der Waals surface area (Å²) < 4.78 is 13.9. The molecule has 0 aliphatic heterocycles. The van der Waals surface area contributed by atoms with Gasteiger partial charge < -0.3 is 16.3 Å². The van der Waals surface area contributed by atoms with Crippen LogP contribution in [-0.2, 0) is 6.54 Å². The van der Waals surface area contributed by atoms with Crippen LogP contribution in [0.3, 0.4) is 0 Å². The van der Waals surface area contributed by atoms with Crippen molar-refractivity contribution in [2.75, 3.05) is 12.8 Å². The molecule has 1 aromatic carbocycles. The van der Waals surface area contributed by atoms with Crippen LogP contribution in [0.15, 0.2) is 23.4 Å². The Morgan fingerprint density at radius 2 is 2.21 bits per heavy atom. The van der Waals surface area contributed by atoms with Crippen LogP contribution in [0, 0.1) is 5.82 Å². The molecule has 0 amide bonds. The van der Waals surface area contributed by atoms with E-state index < -0.39 is 0 Å². The Balaban J connectivity index is 2.66. The van der Waals surface area contributed by atoms with Gasteiger partial charge in [0.05, 0.1) is 0 Å². The third kappa shape index (κ3) is 4.72. The quantitative estimate of drug-likeness (QED) is 0.324. The van der Waals surface area contributed by atoms with Crippen LogP contribution in [0.4, 0.5) is 4.39 Å². The number of benzene rings is 1. The second kappa shape index (κ2) is 6.77. The van der Waals surface area contributed by atoms with Crippen LogP contribution in [0.25, 0.3) is 0 Å². The fraction of sp³-hybridized carbons (Fsp3) is 0.462. The first-order valence-electron chi connectivity index (χ1n) is 5.92. The zero-order valence-electron chi connectivity index (χ0n) is 11.4. The highest BCUT2D eigenvalue weighted by Crippen LogP contribution is 2.20. The van der Waals surface area contributed by atoms with Crippen LogP contribution < -0.4 is 11.1 Å². The van der Waals surface area contributed by atoms with Crippen LogP contribution in [-0.4, -0.2) is 28.6 Å². The predicted octanol–water partition coefficient (Wildman–Crippen LogP) is 2.15. The number of halogens is 1. The van der Waals surface area contributed by atoms with E-state index in [0.717, 1.165) is 6.54 Å². The van der Waals surface area contributed by atoms with Gasteiger partial charge >= 0.3 is 0 Å². The lowest BCUT2D eigenvalue weighted by Gasteiger charge is -2.22. The molecule has 0 fully saturated rings. The molecule has 19 heavy (non-hydrogen) atoms. The van der Waals surface area contributed by atoms with Gasteiger partial charge in [-0.05, 0) is 26.2 Å². The summed E-state index contributed by atoms with van der Waals surface area (Å²) in [6.07, 6.45) is 2.05. The summed E-state index contributed by atoms with van der Waals surface area (Å²) >= 11 is 1.76. The summed E-state index contributed by atoms with van der Waals surface area (Å²) in [5.41, 5.74) is 6.33. The van der Waals surface area contributed by atoms with Crippen molar-refractivity contribution >= 4 is 17.6 Å². The highest BCUT2D eigenvalue weighted by molar-refractivity contribution is 7.99. The van der Waals surface area contributed by atoms with Gasteiger partial charge in [0.15, 0.2) is 5.84 Å². The van der Waals surface area contributed by atoms with Gasteiger partial charge in [0.2, 0.25) is 0 Å². The zero-order chi connectivity index (χ0) is 14.5. The topological polar surface area (TPSA) is 70.6 Å². The molecule has 0 heterocycles. The predicted molar refractivity (Wildman–Crippen MR) is 78.2 cm³/mol. The number of nitrogens with zero attached hydrogens (tertiary/aromatic N) is 1. The smallest absolute Gasteiger partial charge is 0.170 e. The first kappa shape index (κ1) is 15.8. The molecular weight excluding hydrogens is 265 g/mol. The minimum absolute atomic E-state index is 0.0954. The Bertz CT molecular complexity index is 463. The van der Waals surface area contributed by atoms with Crippen molar-refractivity contribution in [1.82, 2.24) is 5.32 Å². The molecule has 0 atom stereocenters. The van der Waals surface area contributed by atoms with Crippen LogP contribution in [0.2, 0.25) is 0 Å². The number of rotatable bonds is 6. The largest absolute Gasteiger partial charge is 0.409 e. The van der Waals surface area contributed by atoms with Crippen molar-refractivity contribution in [3.8, 4) is 0 Å². The maximum Gasteiger partial charge on any atom is 0.170 e. The normalized spacial score (nSPS) is 12.7. The summed E-state index contributed by atoms with van der Waals surface area (Å²) in [5.74, 6) is -0.458. The van der Waals surface area contributed by atoms with Gasteiger partial charge in [-0.2, -0.15) is 11.8 Å². The molecule has 0 radical (unpaired) electrons. The molecule has 4 N–H and O–H groups in total. The molecule has 0 saturated heterocycles. The summed E-state index contributed by atoms with van der Waals surface area (Å²) in [6.45, 7) is 5.49. The Kier molecular flexibility index (Phi) is 5.62. The first-order chi connectivity index (χ1) is 8.89. The van der Waals surface area contributed by atoms with Gasteiger partial charge in [-0.3, -0.25) is 0 Å². The summed E-state index contributed by atoms with van der Waals surface area (Å²) in [6, 6.07) is 4.54. The molecule has 0 unspecified atom stereocenters. The van der Waals surface area contributed by atoms with Crippen molar-refractivity contribution < 1.29 is 9.60 Å². The number of thioether (sulfide) groups is 1. The Morgan fingerprint density at radius 3 is 2.74 bits per heavy atom. The second-order valence-corrected chi connectivity index (χ2v) is 6.37. The standard InChI is InChI=1S/C13H20FN3OS/c1-13(2,19-3)8-16-7-10-5-4-9(6-11(10)14)12(15)17-18/h4-6,16,18H,7-8H2,1-3H3,(H2,15,17). The van der Waals surface area contributed by atoms with Crippen molar-refractivity contribution in [3.63, 3.8) is 0 Å². The van der Waals surface area contributed by atoms with E-state index in [-0.39, 0.29) is 16.4 Å². The second-order valence-electron chi connectivity index (χ2n) is 4.86. The zero-order valence-corrected chi connectivity index (χ0v) is 12.2. The number of oxime groups is 1. The van der Waals surface area contributed by atoms with Gasteiger partial charge in [0.1, 0.15) is 5.82 Å². The average molecular weight is 285 g/mol. The first-order valence-corrected chi connectivity index (χ1v) is 7.14. The molecule has 0 saturated carbocycles. The molecular formula is C13H20FN3OS. The number of nitrogens with one attached hydrogen (secondary N) is 1. The van der Waals surface area contributed by atoms with Gasteiger partial charge in [-0.15, -0.1) is 0 Å². The van der Waals surface area contributed by atoms with Crippen molar-refractivity contribution in [2.45, 2.75) is 25.1 Å². The van der Waals surface area contributed by atoms with Crippen LogP contribution in [0.5, 0.6) is 0 Å². The third-order valence-corrected chi connectivity index (χ3v) is 4.12. The van der Waals surface area contributed by atoms with Gasteiger partial charge in [-0.1, -0.05) is 17.3 Å². The van der Waals surface area contributed by atoms with E-state index in [0.29, 0.717) is 17.7 Å². The maximum absolute atomic E-state index is 13.8. The monoisotopic (exact) mass is 285 g/mol. The van der Waals surface area contributed by atoms with Crippen molar-refractivity contribution in [3.05, 3.63) is 35.1 Å². The fourth-order valence-corrected chi connectivity index (χ4v) is 1.72. The molecule has 0 aromatic heterocycles. The Morgan fingerprint density at radius 1 is 1.53 bits per heavy atom. The lowest BCUT2D eigenvalue weighted by atomic mass is 10.1. The number of hydrogen-bond acceptors (Lipinski definition) is 4.